The van der Waals surface area contributed by atoms with Crippen LogP contribution in [0.5, 0.6) is 0 Å². The van der Waals surface area contributed by atoms with Crippen LogP contribution in [0.15, 0.2) is 48.7 Å². The molecule has 5 nitrogen and oxygen atoms in total. The number of hydrogen-bond donors (Lipinski definition) is 2. The topological polar surface area (TPSA) is 71.2 Å². The van der Waals surface area contributed by atoms with Crippen LogP contribution in [0, 0.1) is 0 Å². The number of benzene rings is 2. The Balaban J connectivity index is 1.93. The maximum Gasteiger partial charge on any atom is 0.337 e. The largest absolute Gasteiger partial charge is 0.465 e. The molecule has 1 heterocycles. The van der Waals surface area contributed by atoms with Gasteiger partial charge < -0.3 is 15.0 Å². The standard InChI is InChI=1S/C20H19ClN2O3/c1-20(2,14-11-22-16-7-5-4-6-13(14)16)19(25)23-17-10-12(18(24)26-3)8-9-15(17)21/h4-11,22H,1-3H3,(H,23,25). The van der Waals surface area contributed by atoms with Gasteiger partial charge in [0.2, 0.25) is 5.91 Å². The molecule has 0 atom stereocenters. The molecule has 0 spiro atoms. The Labute approximate surface area is 156 Å². The number of aromatic amines is 1. The van der Waals surface area contributed by atoms with E-state index in [1.807, 2.05) is 44.3 Å². The lowest BCUT2D eigenvalue weighted by Gasteiger charge is -2.24. The van der Waals surface area contributed by atoms with Crippen LogP contribution in [0.4, 0.5) is 5.69 Å². The molecule has 0 unspecified atom stereocenters. The molecular formula is C20H19ClN2O3. The van der Waals surface area contributed by atoms with E-state index < -0.39 is 11.4 Å². The van der Waals surface area contributed by atoms with Crippen molar-refractivity contribution < 1.29 is 14.3 Å². The predicted molar refractivity (Wildman–Crippen MR) is 103 cm³/mol. The van der Waals surface area contributed by atoms with Gasteiger partial charge >= 0.3 is 5.97 Å². The van der Waals surface area contributed by atoms with Crippen molar-refractivity contribution in [2.45, 2.75) is 19.3 Å². The van der Waals surface area contributed by atoms with Gasteiger partial charge in [-0.2, -0.15) is 0 Å². The van der Waals surface area contributed by atoms with E-state index in [1.165, 1.54) is 13.2 Å². The quantitative estimate of drug-likeness (QED) is 0.663. The summed E-state index contributed by atoms with van der Waals surface area (Å²) in [6.45, 7) is 3.69. The Morgan fingerprint density at radius 2 is 1.88 bits per heavy atom. The van der Waals surface area contributed by atoms with Gasteiger partial charge in [-0.05, 0) is 43.7 Å². The molecule has 3 aromatic rings. The molecule has 0 saturated heterocycles. The molecule has 134 valence electrons. The van der Waals surface area contributed by atoms with E-state index in [-0.39, 0.29) is 5.91 Å². The number of ether oxygens (including phenoxy) is 1. The van der Waals surface area contributed by atoms with Gasteiger partial charge in [0, 0.05) is 17.1 Å². The van der Waals surface area contributed by atoms with Crippen molar-refractivity contribution in [2.24, 2.45) is 0 Å². The highest BCUT2D eigenvalue weighted by molar-refractivity contribution is 6.34. The van der Waals surface area contributed by atoms with Crippen molar-refractivity contribution in [2.75, 3.05) is 12.4 Å². The Kier molecular flexibility index (Phi) is 4.74. The number of carbonyl (C=O) groups excluding carboxylic acids is 2. The molecule has 0 saturated carbocycles. The summed E-state index contributed by atoms with van der Waals surface area (Å²) in [5.74, 6) is -0.723. The molecule has 0 bridgehead atoms. The first kappa shape index (κ1) is 18.0. The van der Waals surface area contributed by atoms with Gasteiger partial charge in [0.1, 0.15) is 0 Å². The van der Waals surface area contributed by atoms with Gasteiger partial charge in [-0.1, -0.05) is 29.8 Å². The Morgan fingerprint density at radius 1 is 1.15 bits per heavy atom. The molecular weight excluding hydrogens is 352 g/mol. The second kappa shape index (κ2) is 6.84. The van der Waals surface area contributed by atoms with Gasteiger partial charge in [-0.25, -0.2) is 4.79 Å². The molecule has 2 aromatic carbocycles. The number of nitrogens with one attached hydrogen (secondary N) is 2. The highest BCUT2D eigenvalue weighted by atomic mass is 35.5. The van der Waals surface area contributed by atoms with Crippen LogP contribution in [0.25, 0.3) is 10.9 Å². The van der Waals surface area contributed by atoms with E-state index in [1.54, 1.807) is 12.1 Å². The smallest absolute Gasteiger partial charge is 0.337 e. The minimum Gasteiger partial charge on any atom is -0.465 e. The van der Waals surface area contributed by atoms with Gasteiger partial charge in [-0.15, -0.1) is 0 Å². The number of H-pyrrole nitrogens is 1. The van der Waals surface area contributed by atoms with Gasteiger partial charge in [0.15, 0.2) is 0 Å². The van der Waals surface area contributed by atoms with E-state index in [0.29, 0.717) is 16.3 Å². The third-order valence-corrected chi connectivity index (χ3v) is 4.80. The fourth-order valence-electron chi connectivity index (χ4n) is 2.86. The maximum absolute atomic E-state index is 13.0. The minimum absolute atomic E-state index is 0.230. The third kappa shape index (κ3) is 3.18. The van der Waals surface area contributed by atoms with E-state index in [4.69, 9.17) is 16.3 Å². The highest BCUT2D eigenvalue weighted by Gasteiger charge is 2.32. The van der Waals surface area contributed by atoms with Crippen molar-refractivity contribution in [3.8, 4) is 0 Å². The summed E-state index contributed by atoms with van der Waals surface area (Å²) < 4.78 is 4.71. The first-order chi connectivity index (χ1) is 12.3. The molecule has 2 N–H and O–H groups in total. The average molecular weight is 371 g/mol. The number of esters is 1. The monoisotopic (exact) mass is 370 g/mol. The van der Waals surface area contributed by atoms with E-state index in [2.05, 4.69) is 10.3 Å². The third-order valence-electron chi connectivity index (χ3n) is 4.47. The molecule has 6 heteroatoms. The van der Waals surface area contributed by atoms with Gasteiger partial charge in [-0.3, -0.25) is 4.79 Å². The summed E-state index contributed by atoms with van der Waals surface area (Å²) in [6, 6.07) is 12.4. The second-order valence-electron chi connectivity index (χ2n) is 6.51. The van der Waals surface area contributed by atoms with Crippen molar-refractivity contribution in [1.82, 2.24) is 4.98 Å². The summed E-state index contributed by atoms with van der Waals surface area (Å²) in [5.41, 5.74) is 1.72. The van der Waals surface area contributed by atoms with E-state index in [9.17, 15) is 9.59 Å². The van der Waals surface area contributed by atoms with Gasteiger partial charge in [0.05, 0.1) is 28.8 Å². The van der Waals surface area contributed by atoms with E-state index in [0.717, 1.165) is 16.5 Å². The number of halogens is 1. The molecule has 0 fully saturated rings. The fourth-order valence-corrected chi connectivity index (χ4v) is 3.02. The lowest BCUT2D eigenvalue weighted by Crippen LogP contribution is -2.34. The number of para-hydroxylation sites is 1. The lowest BCUT2D eigenvalue weighted by atomic mass is 9.83. The van der Waals surface area contributed by atoms with Crippen LogP contribution in [-0.4, -0.2) is 24.0 Å². The summed E-state index contributed by atoms with van der Waals surface area (Å²) in [7, 11) is 1.30. The van der Waals surface area contributed by atoms with Crippen LogP contribution in [0.1, 0.15) is 29.8 Å². The van der Waals surface area contributed by atoms with Crippen molar-refractivity contribution in [3.05, 3.63) is 64.8 Å². The second-order valence-corrected chi connectivity index (χ2v) is 6.92. The summed E-state index contributed by atoms with van der Waals surface area (Å²) in [5, 5.41) is 4.17. The van der Waals surface area contributed by atoms with Crippen LogP contribution >= 0.6 is 11.6 Å². The van der Waals surface area contributed by atoms with Crippen molar-refractivity contribution in [3.63, 3.8) is 0 Å². The average Bonchev–Trinajstić information content (AvgIpc) is 3.07. The van der Waals surface area contributed by atoms with Crippen LogP contribution in [0.3, 0.4) is 0 Å². The number of anilines is 1. The molecule has 3 rings (SSSR count). The van der Waals surface area contributed by atoms with E-state index >= 15 is 0 Å². The zero-order valence-electron chi connectivity index (χ0n) is 14.7. The predicted octanol–water partition coefficient (Wildman–Crippen LogP) is 4.52. The summed E-state index contributed by atoms with van der Waals surface area (Å²) >= 11 is 6.19. The number of fused-ring (bicyclic) bond motifs is 1. The molecule has 0 radical (unpaired) electrons. The SMILES string of the molecule is COC(=O)c1ccc(Cl)c(NC(=O)C(C)(C)c2c[nH]c3ccccc23)c1. The van der Waals surface area contributed by atoms with Crippen molar-refractivity contribution in [1.29, 1.82) is 0 Å². The minimum atomic E-state index is -0.815. The fraction of sp³-hybridized carbons (Fsp3) is 0.200. The first-order valence-corrected chi connectivity index (χ1v) is 8.48. The number of aromatic nitrogens is 1. The molecule has 26 heavy (non-hydrogen) atoms. The van der Waals surface area contributed by atoms with Crippen LogP contribution in [0.2, 0.25) is 5.02 Å². The number of carbonyl (C=O) groups is 2. The molecule has 0 aliphatic carbocycles. The number of amides is 1. The molecule has 1 aromatic heterocycles. The number of methoxy groups -OCH3 is 1. The molecule has 1 amide bonds. The van der Waals surface area contributed by atoms with Gasteiger partial charge in [0.25, 0.3) is 0 Å². The number of hydrogen-bond acceptors (Lipinski definition) is 3. The maximum atomic E-state index is 13.0. The summed E-state index contributed by atoms with van der Waals surface area (Å²) in [4.78, 5) is 27.9. The zero-order chi connectivity index (χ0) is 18.9. The normalized spacial score (nSPS) is 11.4. The Morgan fingerprint density at radius 3 is 2.62 bits per heavy atom. The van der Waals surface area contributed by atoms with Crippen LogP contribution < -0.4 is 5.32 Å². The highest BCUT2D eigenvalue weighted by Crippen LogP contribution is 2.33. The lowest BCUT2D eigenvalue weighted by molar-refractivity contribution is -0.120. The molecule has 0 aliphatic heterocycles. The number of rotatable bonds is 4. The van der Waals surface area contributed by atoms with Crippen molar-refractivity contribution >= 4 is 40.1 Å². The molecule has 0 aliphatic rings. The first-order valence-electron chi connectivity index (χ1n) is 8.10. The Bertz CT molecular complexity index is 992. The zero-order valence-corrected chi connectivity index (χ0v) is 15.5. The van der Waals surface area contributed by atoms with Crippen LogP contribution in [-0.2, 0) is 14.9 Å². The summed E-state index contributed by atoms with van der Waals surface area (Å²) in [6.07, 6.45) is 1.84. The Hall–Kier alpha value is -2.79.